The van der Waals surface area contributed by atoms with E-state index in [4.69, 9.17) is 9.47 Å². The van der Waals surface area contributed by atoms with Gasteiger partial charge < -0.3 is 19.9 Å². The Bertz CT molecular complexity index is 1260. The van der Waals surface area contributed by atoms with Crippen molar-refractivity contribution < 1.29 is 24.2 Å². The molecule has 8 nitrogen and oxygen atoms in total. The van der Waals surface area contributed by atoms with E-state index in [1.807, 2.05) is 31.2 Å². The molecule has 0 aliphatic rings. The van der Waals surface area contributed by atoms with E-state index in [2.05, 4.69) is 10.3 Å². The van der Waals surface area contributed by atoms with Gasteiger partial charge in [-0.25, -0.2) is 4.98 Å². The van der Waals surface area contributed by atoms with Gasteiger partial charge in [-0.15, -0.1) is 0 Å². The number of esters is 1. The van der Waals surface area contributed by atoms with Crippen molar-refractivity contribution in [2.45, 2.75) is 46.1 Å². The third-order valence-corrected chi connectivity index (χ3v) is 5.14. The maximum Gasteiger partial charge on any atom is 0.311 e. The van der Waals surface area contributed by atoms with Crippen LogP contribution in [0.15, 0.2) is 48.5 Å². The summed E-state index contributed by atoms with van der Waals surface area (Å²) in [6.07, 6.45) is 1.26. The maximum absolute atomic E-state index is 12.9. The van der Waals surface area contributed by atoms with E-state index in [1.54, 1.807) is 51.1 Å². The van der Waals surface area contributed by atoms with Gasteiger partial charge in [0.05, 0.1) is 5.92 Å². The fourth-order valence-electron chi connectivity index (χ4n) is 3.55. The number of ether oxygens (including phenoxy) is 2. The molecule has 2 aromatic carbocycles. The summed E-state index contributed by atoms with van der Waals surface area (Å²) in [7, 11) is 0. The number of nitriles is 1. The van der Waals surface area contributed by atoms with E-state index < -0.39 is 23.4 Å². The molecule has 0 saturated carbocycles. The summed E-state index contributed by atoms with van der Waals surface area (Å²) in [5, 5.41) is 23.7. The van der Waals surface area contributed by atoms with Crippen LogP contribution >= 0.6 is 0 Å². The second kappa shape index (κ2) is 10.9. The Balaban J connectivity index is 1.84. The second-order valence-corrected chi connectivity index (χ2v) is 9.12. The average molecular weight is 476 g/mol. The maximum atomic E-state index is 12.9. The number of pyridine rings is 1. The van der Waals surface area contributed by atoms with Crippen LogP contribution in [0.2, 0.25) is 0 Å². The number of fused-ring (bicyclic) bond motifs is 1. The van der Waals surface area contributed by atoms with Crippen molar-refractivity contribution in [2.24, 2.45) is 5.92 Å². The van der Waals surface area contributed by atoms with Gasteiger partial charge in [-0.05, 0) is 57.5 Å². The van der Waals surface area contributed by atoms with Crippen LogP contribution in [0.3, 0.4) is 0 Å². The van der Waals surface area contributed by atoms with Gasteiger partial charge in [0.15, 0.2) is 11.4 Å². The van der Waals surface area contributed by atoms with Crippen LogP contribution < -0.4 is 10.1 Å². The van der Waals surface area contributed by atoms with Crippen LogP contribution in [0.1, 0.15) is 56.7 Å². The molecule has 1 amide bonds. The molecule has 1 aromatic heterocycles. The summed E-state index contributed by atoms with van der Waals surface area (Å²) in [6.45, 7) is 7.30. The number of aromatic hydroxyl groups is 1. The predicted octanol–water partition coefficient (Wildman–Crippen LogP) is 5.09. The molecule has 0 bridgehead atoms. The minimum atomic E-state index is -0.685. The molecular weight excluding hydrogens is 446 g/mol. The number of nitrogens with zero attached hydrogens (tertiary/aromatic N) is 2. The highest BCUT2D eigenvalue weighted by atomic mass is 16.6. The first-order chi connectivity index (χ1) is 16.6. The lowest BCUT2D eigenvalue weighted by Gasteiger charge is -2.24. The molecule has 8 heteroatoms. The molecule has 3 rings (SSSR count). The number of benzene rings is 2. The Labute approximate surface area is 204 Å². The molecule has 0 aliphatic heterocycles. The number of aromatic nitrogens is 1. The fraction of sp³-hybridized carbons (Fsp3) is 0.333. The highest BCUT2D eigenvalue weighted by molar-refractivity contribution is 6.03. The van der Waals surface area contributed by atoms with Crippen LogP contribution in [0.25, 0.3) is 10.8 Å². The van der Waals surface area contributed by atoms with E-state index >= 15 is 0 Å². The molecule has 0 spiro atoms. The van der Waals surface area contributed by atoms with Gasteiger partial charge in [0.25, 0.3) is 5.91 Å². The number of para-hydroxylation sites is 1. The normalized spacial score (nSPS) is 12.0. The number of rotatable bonds is 8. The van der Waals surface area contributed by atoms with Crippen molar-refractivity contribution in [3.05, 3.63) is 59.9 Å². The van der Waals surface area contributed by atoms with Gasteiger partial charge in [0, 0.05) is 17.3 Å². The summed E-state index contributed by atoms with van der Waals surface area (Å²) < 4.78 is 11.3. The highest BCUT2D eigenvalue weighted by Gasteiger charge is 2.26. The number of hydrogen-bond donors (Lipinski definition) is 2. The van der Waals surface area contributed by atoms with Crippen LogP contribution in [0, 0.1) is 17.2 Å². The van der Waals surface area contributed by atoms with Crippen molar-refractivity contribution in [3.8, 4) is 23.3 Å². The first kappa shape index (κ1) is 25.5. The van der Waals surface area contributed by atoms with E-state index in [9.17, 15) is 20.0 Å². The Morgan fingerprint density at radius 2 is 1.83 bits per heavy atom. The largest absolute Gasteiger partial charge is 0.505 e. The Morgan fingerprint density at radius 1 is 1.11 bits per heavy atom. The zero-order valence-electron chi connectivity index (χ0n) is 20.3. The number of amides is 1. The number of carbonyl (C=O) groups is 2. The summed E-state index contributed by atoms with van der Waals surface area (Å²) >= 11 is 0. The van der Waals surface area contributed by atoms with Gasteiger partial charge in [-0.1, -0.05) is 31.5 Å². The molecule has 182 valence electrons. The zero-order chi connectivity index (χ0) is 25.6. The lowest BCUT2D eigenvalue weighted by Crippen LogP contribution is -2.37. The zero-order valence-corrected chi connectivity index (χ0v) is 20.3. The molecule has 0 aliphatic carbocycles. The van der Waals surface area contributed by atoms with Crippen LogP contribution in [-0.2, 0) is 9.53 Å². The lowest BCUT2D eigenvalue weighted by molar-refractivity contribution is -0.160. The first-order valence-electron chi connectivity index (χ1n) is 11.4. The molecule has 3 aromatic rings. The summed E-state index contributed by atoms with van der Waals surface area (Å²) in [5.41, 5.74) is -0.959. The quantitative estimate of drug-likeness (QED) is 0.435. The molecule has 0 radical (unpaired) electrons. The van der Waals surface area contributed by atoms with Gasteiger partial charge in [0.2, 0.25) is 0 Å². The Hall–Kier alpha value is -4.12. The van der Waals surface area contributed by atoms with Crippen LogP contribution in [0.4, 0.5) is 0 Å². The fourth-order valence-corrected chi connectivity index (χ4v) is 3.55. The van der Waals surface area contributed by atoms with Gasteiger partial charge in [-0.2, -0.15) is 5.26 Å². The molecule has 35 heavy (non-hydrogen) atoms. The third-order valence-electron chi connectivity index (χ3n) is 5.14. The Kier molecular flexibility index (Phi) is 7.92. The Morgan fingerprint density at radius 3 is 2.46 bits per heavy atom. The summed E-state index contributed by atoms with van der Waals surface area (Å²) in [5.74, 6) is -0.913. The first-order valence-corrected chi connectivity index (χ1v) is 11.4. The van der Waals surface area contributed by atoms with Gasteiger partial charge in [-0.3, -0.25) is 9.59 Å². The average Bonchev–Trinajstić information content (AvgIpc) is 2.81. The second-order valence-electron chi connectivity index (χ2n) is 9.12. The number of nitrogens with one attached hydrogen (secondary N) is 1. The highest BCUT2D eigenvalue weighted by Crippen LogP contribution is 2.33. The van der Waals surface area contributed by atoms with Crippen LogP contribution in [0.5, 0.6) is 17.2 Å². The van der Waals surface area contributed by atoms with Crippen molar-refractivity contribution in [2.75, 3.05) is 6.54 Å². The topological polar surface area (TPSA) is 122 Å². The minimum absolute atomic E-state index is 0.0203. The molecule has 0 saturated heterocycles. The number of carbonyl (C=O) groups excluding carboxylic acids is 2. The van der Waals surface area contributed by atoms with E-state index in [1.165, 1.54) is 0 Å². The molecule has 1 unspecified atom stereocenters. The van der Waals surface area contributed by atoms with Crippen molar-refractivity contribution in [3.63, 3.8) is 0 Å². The molecule has 1 heterocycles. The lowest BCUT2D eigenvalue weighted by atomic mass is 10.0. The van der Waals surface area contributed by atoms with E-state index in [0.717, 1.165) is 6.42 Å². The summed E-state index contributed by atoms with van der Waals surface area (Å²) in [4.78, 5) is 29.5. The monoisotopic (exact) mass is 475 g/mol. The standard InChI is InChI=1S/C27H29N3O5/c1-5-9-17(26(33)35-27(2,3)4)16-29-25(32)23-24(31)20-13-12-19(14-21(20)22(15-28)30-23)34-18-10-7-6-8-11-18/h6-8,10-14,17,31H,5,9,16H2,1-4H3,(H,29,32). The predicted molar refractivity (Wildman–Crippen MR) is 131 cm³/mol. The molecule has 1 atom stereocenters. The van der Waals surface area contributed by atoms with Crippen molar-refractivity contribution in [1.29, 1.82) is 5.26 Å². The number of hydrogen-bond acceptors (Lipinski definition) is 7. The molecule has 2 N–H and O–H groups in total. The minimum Gasteiger partial charge on any atom is -0.505 e. The van der Waals surface area contributed by atoms with Gasteiger partial charge >= 0.3 is 5.97 Å². The smallest absolute Gasteiger partial charge is 0.311 e. The van der Waals surface area contributed by atoms with Crippen molar-refractivity contribution >= 4 is 22.6 Å². The summed E-state index contributed by atoms with van der Waals surface area (Å²) in [6, 6.07) is 15.9. The third kappa shape index (κ3) is 6.48. The molecular formula is C27H29N3O5. The molecule has 0 fully saturated rings. The van der Waals surface area contributed by atoms with Crippen molar-refractivity contribution in [1.82, 2.24) is 10.3 Å². The van der Waals surface area contributed by atoms with E-state index in [-0.39, 0.29) is 23.7 Å². The SMILES string of the molecule is CCCC(CNC(=O)c1nc(C#N)c2cc(Oc3ccccc3)ccc2c1O)C(=O)OC(C)(C)C. The van der Waals surface area contributed by atoms with Gasteiger partial charge in [0.1, 0.15) is 28.9 Å². The van der Waals surface area contributed by atoms with Crippen LogP contribution in [-0.4, -0.2) is 34.1 Å². The van der Waals surface area contributed by atoms with E-state index in [0.29, 0.717) is 28.7 Å².